The molecule has 2 heterocycles. The van der Waals surface area contributed by atoms with E-state index in [2.05, 4.69) is 21.4 Å². The Hall–Kier alpha value is -4.24. The first-order valence-electron chi connectivity index (χ1n) is 9.33. The highest BCUT2D eigenvalue weighted by Crippen LogP contribution is 2.37. The highest BCUT2D eigenvalue weighted by atomic mass is 19.1. The number of halogens is 1. The first kappa shape index (κ1) is 17.8. The molecule has 1 N–H and O–H groups in total. The average molecular weight is 394 g/mol. The zero-order valence-corrected chi connectivity index (χ0v) is 16.0. The van der Waals surface area contributed by atoms with Crippen molar-refractivity contribution in [1.29, 1.82) is 5.26 Å². The maximum Gasteiger partial charge on any atom is 0.228 e. The second-order valence-electron chi connectivity index (χ2n) is 7.05. The lowest BCUT2D eigenvalue weighted by atomic mass is 10.1. The first-order chi connectivity index (χ1) is 14.6. The number of hydrogen-bond donors (Lipinski definition) is 1. The smallest absolute Gasteiger partial charge is 0.228 e. The van der Waals surface area contributed by atoms with Crippen molar-refractivity contribution < 1.29 is 9.13 Å². The molecule has 0 atom stereocenters. The number of nitriles is 1. The van der Waals surface area contributed by atoms with Gasteiger partial charge in [-0.1, -0.05) is 6.07 Å². The monoisotopic (exact) mass is 394 g/mol. The van der Waals surface area contributed by atoms with Crippen LogP contribution in [0.5, 0.6) is 11.6 Å². The molecule has 3 aromatic carbocycles. The van der Waals surface area contributed by atoms with Crippen LogP contribution in [0.2, 0.25) is 0 Å². The summed E-state index contributed by atoms with van der Waals surface area (Å²) in [7, 11) is 0. The normalized spacial score (nSPS) is 11.8. The van der Waals surface area contributed by atoms with E-state index in [1.165, 1.54) is 18.2 Å². The van der Waals surface area contributed by atoms with Crippen molar-refractivity contribution in [3.63, 3.8) is 0 Å². The zero-order chi connectivity index (χ0) is 20.7. The van der Waals surface area contributed by atoms with Gasteiger partial charge < -0.3 is 10.1 Å². The van der Waals surface area contributed by atoms with E-state index >= 15 is 0 Å². The summed E-state index contributed by atoms with van der Waals surface area (Å²) >= 11 is 0. The van der Waals surface area contributed by atoms with Crippen LogP contribution in [0.1, 0.15) is 16.7 Å². The molecule has 0 radical (unpaired) electrons. The van der Waals surface area contributed by atoms with Crippen LogP contribution in [0.3, 0.4) is 0 Å². The number of benzene rings is 3. The number of aromatic nitrogens is 1. The van der Waals surface area contributed by atoms with E-state index in [-0.39, 0.29) is 0 Å². The number of fused-ring (bicyclic) bond motifs is 3. The van der Waals surface area contributed by atoms with Crippen molar-refractivity contribution in [3.05, 3.63) is 83.2 Å². The maximum absolute atomic E-state index is 13.6. The topological polar surface area (TPSA) is 70.3 Å². The summed E-state index contributed by atoms with van der Waals surface area (Å²) in [4.78, 5) is 9.17. The van der Waals surface area contributed by atoms with Crippen molar-refractivity contribution in [3.8, 4) is 17.7 Å². The van der Waals surface area contributed by atoms with Crippen LogP contribution in [-0.2, 0) is 0 Å². The van der Waals surface area contributed by atoms with Crippen LogP contribution >= 0.6 is 0 Å². The molecule has 1 aliphatic rings. The Labute approximate surface area is 172 Å². The Morgan fingerprint density at radius 3 is 2.80 bits per heavy atom. The molecule has 0 unspecified atom stereocenters. The van der Waals surface area contributed by atoms with E-state index in [1.54, 1.807) is 6.21 Å². The molecule has 4 aromatic rings. The second-order valence-corrected chi connectivity index (χ2v) is 7.05. The van der Waals surface area contributed by atoms with E-state index < -0.39 is 5.82 Å². The predicted octanol–water partition coefficient (Wildman–Crippen LogP) is 6.15. The van der Waals surface area contributed by atoms with Gasteiger partial charge >= 0.3 is 0 Å². The van der Waals surface area contributed by atoms with Gasteiger partial charge in [-0.05, 0) is 67.1 Å². The minimum absolute atomic E-state index is 0.366. The van der Waals surface area contributed by atoms with Gasteiger partial charge in [0.25, 0.3) is 0 Å². The Bertz CT molecular complexity index is 1390. The number of ether oxygens (including phenoxy) is 1. The molecule has 0 fully saturated rings. The zero-order valence-electron chi connectivity index (χ0n) is 16.0. The fourth-order valence-electron chi connectivity index (χ4n) is 3.36. The van der Waals surface area contributed by atoms with Gasteiger partial charge in [-0.25, -0.2) is 9.37 Å². The molecule has 0 saturated heterocycles. The molecular formula is C24H15FN4O. The van der Waals surface area contributed by atoms with Gasteiger partial charge in [-0.15, -0.1) is 0 Å². The van der Waals surface area contributed by atoms with Gasteiger partial charge in [0.15, 0.2) is 5.75 Å². The van der Waals surface area contributed by atoms with E-state index in [4.69, 9.17) is 4.74 Å². The highest BCUT2D eigenvalue weighted by Gasteiger charge is 2.15. The summed E-state index contributed by atoms with van der Waals surface area (Å²) in [5, 5.41) is 13.2. The summed E-state index contributed by atoms with van der Waals surface area (Å²) in [5.41, 5.74) is 4.87. The second kappa shape index (κ2) is 6.98. The van der Waals surface area contributed by atoms with Crippen LogP contribution in [0, 0.1) is 24.1 Å². The average Bonchev–Trinajstić information content (AvgIpc) is 2.91. The van der Waals surface area contributed by atoms with E-state index in [9.17, 15) is 9.65 Å². The van der Waals surface area contributed by atoms with Crippen LogP contribution < -0.4 is 10.1 Å². The number of anilines is 2. The molecule has 5 rings (SSSR count). The molecule has 6 heteroatoms. The van der Waals surface area contributed by atoms with Crippen molar-refractivity contribution in [2.75, 3.05) is 5.32 Å². The van der Waals surface area contributed by atoms with Crippen molar-refractivity contribution in [2.24, 2.45) is 4.99 Å². The van der Waals surface area contributed by atoms with Crippen LogP contribution in [0.15, 0.2) is 65.7 Å². The van der Waals surface area contributed by atoms with Crippen molar-refractivity contribution in [2.45, 2.75) is 6.92 Å². The SMILES string of the molecule is Cc1ccc2c(c1)N=Cc1cc3cc(Nc4cc(F)ccc4C#N)ccc3nc1O2. The van der Waals surface area contributed by atoms with E-state index in [1.807, 2.05) is 49.4 Å². The molecule has 0 saturated carbocycles. The third-order valence-electron chi connectivity index (χ3n) is 4.85. The number of aryl methyl sites for hydroxylation is 1. The molecule has 0 aliphatic carbocycles. The molecule has 0 spiro atoms. The van der Waals surface area contributed by atoms with E-state index in [0.29, 0.717) is 22.9 Å². The molecular weight excluding hydrogens is 379 g/mol. The summed E-state index contributed by atoms with van der Waals surface area (Å²) in [6.07, 6.45) is 1.74. The standard InChI is InChI=1S/C24H15FN4O/c1-14-2-7-23-22(8-14)27-13-17-9-16-10-19(5-6-20(16)29-24(17)30-23)28-21-11-18(25)4-3-15(21)12-26/h2-11,13,28H,1H3. The lowest BCUT2D eigenvalue weighted by molar-refractivity contribution is 0.467. The van der Waals surface area contributed by atoms with Gasteiger partial charge in [-0.2, -0.15) is 5.26 Å². The van der Waals surface area contributed by atoms with Crippen LogP contribution in [-0.4, -0.2) is 11.2 Å². The molecule has 30 heavy (non-hydrogen) atoms. The van der Waals surface area contributed by atoms with Gasteiger partial charge in [0.05, 0.1) is 22.3 Å². The lowest BCUT2D eigenvalue weighted by Crippen LogP contribution is -1.96. The summed E-state index contributed by atoms with van der Waals surface area (Å²) in [6, 6.07) is 19.4. The number of nitrogens with zero attached hydrogens (tertiary/aromatic N) is 3. The summed E-state index contributed by atoms with van der Waals surface area (Å²) < 4.78 is 19.6. The largest absolute Gasteiger partial charge is 0.436 e. The first-order valence-corrected chi connectivity index (χ1v) is 9.33. The minimum Gasteiger partial charge on any atom is -0.436 e. The Balaban J connectivity index is 1.54. The Morgan fingerprint density at radius 2 is 1.93 bits per heavy atom. The van der Waals surface area contributed by atoms with Gasteiger partial charge in [-0.3, -0.25) is 4.99 Å². The van der Waals surface area contributed by atoms with Crippen molar-refractivity contribution in [1.82, 2.24) is 4.98 Å². The van der Waals surface area contributed by atoms with Crippen LogP contribution in [0.4, 0.5) is 21.5 Å². The van der Waals surface area contributed by atoms with Gasteiger partial charge in [0, 0.05) is 17.3 Å². The predicted molar refractivity (Wildman–Crippen MR) is 115 cm³/mol. The van der Waals surface area contributed by atoms with E-state index in [0.717, 1.165) is 33.4 Å². The fourth-order valence-corrected chi connectivity index (χ4v) is 3.36. The fraction of sp³-hybridized carbons (Fsp3) is 0.0417. The molecule has 0 amide bonds. The van der Waals surface area contributed by atoms with Crippen molar-refractivity contribution >= 4 is 34.2 Å². The number of nitrogens with one attached hydrogen (secondary N) is 1. The number of aliphatic imine (C=N–C) groups is 1. The number of pyridine rings is 1. The molecule has 1 aliphatic heterocycles. The summed E-state index contributed by atoms with van der Waals surface area (Å²) in [5.74, 6) is 0.745. The highest BCUT2D eigenvalue weighted by molar-refractivity contribution is 5.94. The molecule has 1 aromatic heterocycles. The quantitative estimate of drug-likeness (QED) is 0.390. The lowest BCUT2D eigenvalue weighted by Gasteiger charge is -2.11. The maximum atomic E-state index is 13.6. The summed E-state index contributed by atoms with van der Waals surface area (Å²) in [6.45, 7) is 2.01. The van der Waals surface area contributed by atoms with Gasteiger partial charge in [0.1, 0.15) is 17.6 Å². The third-order valence-corrected chi connectivity index (χ3v) is 4.85. The molecule has 5 nitrogen and oxygen atoms in total. The third kappa shape index (κ3) is 3.23. The Morgan fingerprint density at radius 1 is 1.03 bits per heavy atom. The van der Waals surface area contributed by atoms with Crippen LogP contribution in [0.25, 0.3) is 10.9 Å². The minimum atomic E-state index is -0.410. The molecule has 0 bridgehead atoms. The molecule has 144 valence electrons. The Kier molecular flexibility index (Phi) is 4.15. The van der Waals surface area contributed by atoms with Gasteiger partial charge in [0.2, 0.25) is 5.88 Å². The number of hydrogen-bond acceptors (Lipinski definition) is 5. The number of rotatable bonds is 2.